The average Bonchev–Trinajstić information content (AvgIpc) is 2.87. The Bertz CT molecular complexity index is 968. The topological polar surface area (TPSA) is 66.5 Å². The molecule has 0 saturated carbocycles. The zero-order valence-electron chi connectivity index (χ0n) is 14.9. The van der Waals surface area contributed by atoms with E-state index in [9.17, 15) is 22.0 Å². The molecule has 1 fully saturated rings. The van der Waals surface area contributed by atoms with Crippen LogP contribution < -0.4 is 5.32 Å². The largest absolute Gasteiger partial charge is 0.355 e. The van der Waals surface area contributed by atoms with E-state index in [4.69, 9.17) is 11.6 Å². The van der Waals surface area contributed by atoms with Gasteiger partial charge in [-0.25, -0.2) is 17.2 Å². The first-order valence-electron chi connectivity index (χ1n) is 8.78. The summed E-state index contributed by atoms with van der Waals surface area (Å²) in [6.45, 7) is 0.204. The molecule has 0 aliphatic carbocycles. The van der Waals surface area contributed by atoms with Crippen molar-refractivity contribution in [1.29, 1.82) is 0 Å². The molecule has 1 amide bonds. The van der Waals surface area contributed by atoms with E-state index in [2.05, 4.69) is 5.32 Å². The molecule has 2 aromatic rings. The third-order valence-corrected chi connectivity index (χ3v) is 6.72. The average molecular weight is 429 g/mol. The van der Waals surface area contributed by atoms with Gasteiger partial charge in [-0.05, 0) is 61.2 Å². The Hall–Kier alpha value is -2.03. The first-order valence-corrected chi connectivity index (χ1v) is 10.6. The third kappa shape index (κ3) is 4.51. The van der Waals surface area contributed by atoms with E-state index in [1.165, 1.54) is 30.3 Å². The fraction of sp³-hybridized carbons (Fsp3) is 0.316. The molecule has 2 aromatic carbocycles. The number of hydrogen-bond donors (Lipinski definition) is 1. The van der Waals surface area contributed by atoms with Gasteiger partial charge in [0.1, 0.15) is 6.04 Å². The molecule has 28 heavy (non-hydrogen) atoms. The van der Waals surface area contributed by atoms with Crippen molar-refractivity contribution in [2.75, 3.05) is 6.54 Å². The van der Waals surface area contributed by atoms with Crippen LogP contribution in [0.2, 0.25) is 5.02 Å². The maximum absolute atomic E-state index is 13.6. The molecule has 3 rings (SSSR count). The number of amides is 1. The molecular weight excluding hydrogens is 410 g/mol. The lowest BCUT2D eigenvalue weighted by molar-refractivity contribution is -0.124. The number of rotatable bonds is 5. The fourth-order valence-corrected chi connectivity index (χ4v) is 4.85. The number of nitrogens with one attached hydrogen (secondary N) is 1. The van der Waals surface area contributed by atoms with Gasteiger partial charge in [-0.15, -0.1) is 0 Å². The summed E-state index contributed by atoms with van der Waals surface area (Å²) in [7, 11) is -4.09. The van der Waals surface area contributed by atoms with Crippen LogP contribution in [0.15, 0.2) is 47.4 Å². The van der Waals surface area contributed by atoms with Gasteiger partial charge in [0.05, 0.1) is 4.90 Å². The quantitative estimate of drug-likeness (QED) is 0.792. The van der Waals surface area contributed by atoms with E-state index in [-0.39, 0.29) is 17.0 Å². The molecule has 1 N–H and O–H groups in total. The molecule has 0 bridgehead atoms. The summed E-state index contributed by atoms with van der Waals surface area (Å²) in [5.74, 6) is -2.51. The van der Waals surface area contributed by atoms with Crippen LogP contribution in [0, 0.1) is 11.6 Å². The third-order valence-electron chi connectivity index (χ3n) is 4.60. The van der Waals surface area contributed by atoms with E-state index in [1.54, 1.807) is 0 Å². The molecule has 1 saturated heterocycles. The number of nitrogens with zero attached hydrogens (tertiary/aromatic N) is 1. The Morgan fingerprint density at radius 2 is 1.79 bits per heavy atom. The van der Waals surface area contributed by atoms with Crippen LogP contribution in [0.1, 0.15) is 24.8 Å². The molecule has 9 heteroatoms. The van der Waals surface area contributed by atoms with Crippen molar-refractivity contribution in [2.24, 2.45) is 0 Å². The number of sulfonamides is 1. The second-order valence-electron chi connectivity index (χ2n) is 6.56. The minimum atomic E-state index is -4.09. The van der Waals surface area contributed by atoms with Crippen molar-refractivity contribution in [3.05, 3.63) is 64.7 Å². The highest BCUT2D eigenvalue weighted by molar-refractivity contribution is 7.89. The SMILES string of the molecule is O=C1NCCCCC1N(Cc1ccc(F)c(F)c1)S(=O)(=O)c1ccc(Cl)cc1. The predicted molar refractivity (Wildman–Crippen MR) is 101 cm³/mol. The molecule has 1 aliphatic heterocycles. The Labute approximate surface area is 167 Å². The van der Waals surface area contributed by atoms with Gasteiger partial charge in [0.2, 0.25) is 15.9 Å². The van der Waals surface area contributed by atoms with Gasteiger partial charge in [0.25, 0.3) is 0 Å². The number of hydrogen-bond acceptors (Lipinski definition) is 3. The van der Waals surface area contributed by atoms with Crippen LogP contribution in [-0.4, -0.2) is 31.2 Å². The zero-order valence-corrected chi connectivity index (χ0v) is 16.4. The van der Waals surface area contributed by atoms with Gasteiger partial charge in [-0.3, -0.25) is 4.79 Å². The van der Waals surface area contributed by atoms with E-state index in [1.807, 2.05) is 0 Å². The summed E-state index contributed by atoms with van der Waals surface area (Å²) in [5.41, 5.74) is 0.244. The van der Waals surface area contributed by atoms with Gasteiger partial charge in [-0.1, -0.05) is 17.7 Å². The summed E-state index contributed by atoms with van der Waals surface area (Å²) < 4.78 is 54.5. The maximum atomic E-state index is 13.6. The number of halogens is 3. The Balaban J connectivity index is 2.03. The second kappa shape index (κ2) is 8.55. The van der Waals surface area contributed by atoms with Gasteiger partial charge >= 0.3 is 0 Å². The number of carbonyl (C=O) groups excluding carboxylic acids is 1. The first-order chi connectivity index (χ1) is 13.3. The minimum Gasteiger partial charge on any atom is -0.355 e. The standard InChI is InChI=1S/C19H19ClF2N2O3S/c20-14-5-7-15(8-6-14)28(26,27)24(18-3-1-2-10-23-19(18)25)12-13-4-9-16(21)17(22)11-13/h4-9,11,18H,1-3,10,12H2,(H,23,25). The van der Waals surface area contributed by atoms with Crippen molar-refractivity contribution < 1.29 is 22.0 Å². The monoisotopic (exact) mass is 428 g/mol. The molecule has 0 aromatic heterocycles. The summed E-state index contributed by atoms with van der Waals surface area (Å²) in [6.07, 6.45) is 1.73. The fourth-order valence-electron chi connectivity index (χ4n) is 3.12. The Kier molecular flexibility index (Phi) is 6.32. The molecule has 1 heterocycles. The lowest BCUT2D eigenvalue weighted by atomic mass is 10.1. The van der Waals surface area contributed by atoms with Gasteiger partial charge in [0, 0.05) is 18.1 Å². The summed E-state index contributed by atoms with van der Waals surface area (Å²) >= 11 is 5.85. The van der Waals surface area contributed by atoms with Gasteiger partial charge in [0.15, 0.2) is 11.6 Å². The molecule has 0 radical (unpaired) electrons. The van der Waals surface area contributed by atoms with Crippen LogP contribution in [0.4, 0.5) is 8.78 Å². The molecule has 150 valence electrons. The Morgan fingerprint density at radius 1 is 1.07 bits per heavy atom. The molecule has 1 aliphatic rings. The zero-order chi connectivity index (χ0) is 20.3. The molecule has 0 spiro atoms. The summed E-state index contributed by atoms with van der Waals surface area (Å²) in [5, 5.41) is 3.09. The van der Waals surface area contributed by atoms with E-state index in [0.29, 0.717) is 24.4 Å². The van der Waals surface area contributed by atoms with E-state index < -0.39 is 33.6 Å². The van der Waals surface area contributed by atoms with Crippen molar-refractivity contribution >= 4 is 27.5 Å². The van der Waals surface area contributed by atoms with E-state index in [0.717, 1.165) is 22.9 Å². The molecule has 5 nitrogen and oxygen atoms in total. The van der Waals surface area contributed by atoms with Crippen LogP contribution in [0.25, 0.3) is 0 Å². The van der Waals surface area contributed by atoms with Crippen LogP contribution >= 0.6 is 11.6 Å². The first kappa shape index (κ1) is 20.7. The molecular formula is C19H19ClF2N2O3S. The van der Waals surface area contributed by atoms with Crippen molar-refractivity contribution in [1.82, 2.24) is 9.62 Å². The minimum absolute atomic E-state index is 0.0310. The van der Waals surface area contributed by atoms with Crippen LogP contribution in [0.3, 0.4) is 0 Å². The smallest absolute Gasteiger partial charge is 0.244 e. The predicted octanol–water partition coefficient (Wildman–Crippen LogP) is 3.48. The lowest BCUT2D eigenvalue weighted by Gasteiger charge is -2.29. The molecule has 1 atom stereocenters. The van der Waals surface area contributed by atoms with Gasteiger partial charge < -0.3 is 5.32 Å². The van der Waals surface area contributed by atoms with E-state index >= 15 is 0 Å². The highest BCUT2D eigenvalue weighted by Crippen LogP contribution is 2.26. The normalized spacial score (nSPS) is 18.0. The van der Waals surface area contributed by atoms with Crippen molar-refractivity contribution in [3.8, 4) is 0 Å². The molecule has 1 unspecified atom stereocenters. The summed E-state index contributed by atoms with van der Waals surface area (Å²) in [6, 6.07) is 7.82. The lowest BCUT2D eigenvalue weighted by Crippen LogP contribution is -2.48. The maximum Gasteiger partial charge on any atom is 0.244 e. The number of benzene rings is 2. The highest BCUT2D eigenvalue weighted by Gasteiger charge is 2.36. The summed E-state index contributed by atoms with van der Waals surface area (Å²) in [4.78, 5) is 12.5. The van der Waals surface area contributed by atoms with Crippen LogP contribution in [-0.2, 0) is 21.4 Å². The number of carbonyl (C=O) groups is 1. The van der Waals surface area contributed by atoms with Crippen molar-refractivity contribution in [2.45, 2.75) is 36.7 Å². The second-order valence-corrected chi connectivity index (χ2v) is 8.88. The highest BCUT2D eigenvalue weighted by atomic mass is 35.5. The van der Waals surface area contributed by atoms with Crippen LogP contribution in [0.5, 0.6) is 0 Å². The van der Waals surface area contributed by atoms with Crippen molar-refractivity contribution in [3.63, 3.8) is 0 Å². The Morgan fingerprint density at radius 3 is 2.46 bits per heavy atom. The van der Waals surface area contributed by atoms with Gasteiger partial charge in [-0.2, -0.15) is 4.31 Å².